The predicted octanol–water partition coefficient (Wildman–Crippen LogP) is 4.78. The van der Waals surface area contributed by atoms with Gasteiger partial charge >= 0.3 is 0 Å². The Labute approximate surface area is 196 Å². The number of ether oxygens (including phenoxy) is 2. The highest BCUT2D eigenvalue weighted by Gasteiger charge is 2.18. The van der Waals surface area contributed by atoms with Gasteiger partial charge < -0.3 is 30.7 Å². The Kier molecular flexibility index (Phi) is 9.81. The summed E-state index contributed by atoms with van der Waals surface area (Å²) in [6.07, 6.45) is 0. The van der Waals surface area contributed by atoms with E-state index in [2.05, 4.69) is 35.1 Å². The van der Waals surface area contributed by atoms with Crippen LogP contribution in [-0.4, -0.2) is 36.5 Å². The second-order valence-corrected chi connectivity index (χ2v) is 8.51. The number of thiocarbonyl (C=S) groups is 2. The van der Waals surface area contributed by atoms with Gasteiger partial charge in [0.15, 0.2) is 10.2 Å². The summed E-state index contributed by atoms with van der Waals surface area (Å²) in [4.78, 5) is 0. The lowest BCUT2D eigenvalue weighted by molar-refractivity contribution is 0.340. The molecule has 0 aliphatic carbocycles. The minimum absolute atomic E-state index is 0.0743. The van der Waals surface area contributed by atoms with Gasteiger partial charge in [-0.3, -0.25) is 0 Å². The van der Waals surface area contributed by atoms with E-state index in [1.165, 1.54) is 0 Å². The van der Waals surface area contributed by atoms with Gasteiger partial charge in [-0.05, 0) is 92.2 Å². The molecule has 0 atom stereocenters. The molecule has 0 bridgehead atoms. The lowest BCUT2D eigenvalue weighted by Crippen LogP contribution is -2.44. The van der Waals surface area contributed by atoms with Crippen LogP contribution in [0, 0.1) is 5.41 Å². The largest absolute Gasteiger partial charge is 0.494 e. The number of anilines is 2. The molecule has 168 valence electrons. The molecule has 0 saturated carbocycles. The summed E-state index contributed by atoms with van der Waals surface area (Å²) in [6.45, 7) is 10.9. The quantitative estimate of drug-likeness (QED) is 0.378. The zero-order valence-electron chi connectivity index (χ0n) is 18.6. The van der Waals surface area contributed by atoms with Gasteiger partial charge in [0.1, 0.15) is 11.5 Å². The molecule has 0 amide bonds. The van der Waals surface area contributed by atoms with Gasteiger partial charge in [-0.1, -0.05) is 13.8 Å². The van der Waals surface area contributed by atoms with Crippen LogP contribution in [0.4, 0.5) is 11.4 Å². The van der Waals surface area contributed by atoms with E-state index in [4.69, 9.17) is 33.9 Å². The smallest absolute Gasteiger partial charge is 0.170 e. The molecule has 4 N–H and O–H groups in total. The van der Waals surface area contributed by atoms with Gasteiger partial charge in [-0.15, -0.1) is 0 Å². The van der Waals surface area contributed by atoms with Crippen LogP contribution in [0.5, 0.6) is 11.5 Å². The van der Waals surface area contributed by atoms with Crippen molar-refractivity contribution in [2.24, 2.45) is 5.41 Å². The van der Waals surface area contributed by atoms with Crippen molar-refractivity contribution >= 4 is 46.0 Å². The molecule has 0 unspecified atom stereocenters. The Morgan fingerprint density at radius 3 is 1.39 bits per heavy atom. The van der Waals surface area contributed by atoms with Crippen molar-refractivity contribution < 1.29 is 9.47 Å². The lowest BCUT2D eigenvalue weighted by atomic mass is 9.93. The number of hydrogen-bond acceptors (Lipinski definition) is 4. The molecule has 0 saturated heterocycles. The first-order valence-corrected chi connectivity index (χ1v) is 11.2. The molecular weight excluding hydrogens is 428 g/mol. The summed E-state index contributed by atoms with van der Waals surface area (Å²) in [5.74, 6) is 1.68. The predicted molar refractivity (Wildman–Crippen MR) is 137 cm³/mol. The van der Waals surface area contributed by atoms with Crippen LogP contribution >= 0.6 is 24.4 Å². The van der Waals surface area contributed by atoms with Gasteiger partial charge in [0.25, 0.3) is 0 Å². The van der Waals surface area contributed by atoms with E-state index >= 15 is 0 Å². The Bertz CT molecular complexity index is 770. The average molecular weight is 461 g/mol. The summed E-state index contributed by atoms with van der Waals surface area (Å²) in [5, 5.41) is 14.1. The zero-order chi connectivity index (χ0) is 22.7. The Balaban J connectivity index is 1.72. The summed E-state index contributed by atoms with van der Waals surface area (Å²) in [6, 6.07) is 15.4. The second-order valence-electron chi connectivity index (χ2n) is 7.69. The minimum atomic E-state index is -0.0743. The van der Waals surface area contributed by atoms with Crippen LogP contribution in [0.25, 0.3) is 0 Å². The van der Waals surface area contributed by atoms with E-state index < -0.39 is 0 Å². The fourth-order valence-electron chi connectivity index (χ4n) is 2.65. The van der Waals surface area contributed by atoms with Crippen molar-refractivity contribution in [1.29, 1.82) is 0 Å². The SMILES string of the molecule is CCOc1ccc(NC(=S)NCC(C)(C)CNC(=S)Nc2ccc(OCC)cc2)cc1. The van der Waals surface area contributed by atoms with Crippen LogP contribution in [0.1, 0.15) is 27.7 Å². The molecule has 0 heterocycles. The molecule has 2 rings (SSSR count). The third kappa shape index (κ3) is 9.40. The van der Waals surface area contributed by atoms with Crippen molar-refractivity contribution in [3.8, 4) is 11.5 Å². The number of hydrogen-bond donors (Lipinski definition) is 4. The molecule has 0 aromatic heterocycles. The Morgan fingerprint density at radius 2 is 1.06 bits per heavy atom. The van der Waals surface area contributed by atoms with Gasteiger partial charge in [0.2, 0.25) is 0 Å². The van der Waals surface area contributed by atoms with Gasteiger partial charge in [0, 0.05) is 24.5 Å². The first-order valence-electron chi connectivity index (χ1n) is 10.4. The fourth-order valence-corrected chi connectivity index (χ4v) is 3.03. The maximum absolute atomic E-state index is 5.45. The molecular formula is C23H32N4O2S2. The van der Waals surface area contributed by atoms with E-state index in [0.29, 0.717) is 36.5 Å². The molecule has 0 spiro atoms. The van der Waals surface area contributed by atoms with Gasteiger partial charge in [0.05, 0.1) is 13.2 Å². The van der Waals surface area contributed by atoms with Crippen molar-refractivity contribution in [1.82, 2.24) is 10.6 Å². The average Bonchev–Trinajstić information content (AvgIpc) is 2.74. The summed E-state index contributed by atoms with van der Waals surface area (Å²) >= 11 is 10.8. The maximum atomic E-state index is 5.45. The van der Waals surface area contributed by atoms with Crippen molar-refractivity contribution in [2.45, 2.75) is 27.7 Å². The summed E-state index contributed by atoms with van der Waals surface area (Å²) in [7, 11) is 0. The highest BCUT2D eigenvalue weighted by molar-refractivity contribution is 7.80. The highest BCUT2D eigenvalue weighted by Crippen LogP contribution is 2.17. The molecule has 0 fully saturated rings. The van der Waals surface area contributed by atoms with Gasteiger partial charge in [-0.2, -0.15) is 0 Å². The number of benzene rings is 2. The van der Waals surface area contributed by atoms with Crippen LogP contribution in [0.2, 0.25) is 0 Å². The third-order valence-electron chi connectivity index (χ3n) is 4.30. The highest BCUT2D eigenvalue weighted by atomic mass is 32.1. The standard InChI is InChI=1S/C23H32N4O2S2/c1-5-28-19-11-7-17(8-12-19)26-21(30)24-15-23(3,4)16-25-22(31)27-18-9-13-20(14-10-18)29-6-2/h7-14H,5-6,15-16H2,1-4H3,(H2,24,26,30)(H2,25,27,31). The lowest BCUT2D eigenvalue weighted by Gasteiger charge is -2.27. The molecule has 2 aromatic carbocycles. The van der Waals surface area contributed by atoms with E-state index in [0.717, 1.165) is 22.9 Å². The van der Waals surface area contributed by atoms with E-state index in [1.54, 1.807) is 0 Å². The molecule has 0 radical (unpaired) electrons. The normalized spacial score (nSPS) is 10.7. The van der Waals surface area contributed by atoms with Crippen LogP contribution in [-0.2, 0) is 0 Å². The molecule has 0 aliphatic rings. The van der Waals surface area contributed by atoms with Crippen LogP contribution in [0.3, 0.4) is 0 Å². The van der Waals surface area contributed by atoms with Crippen molar-refractivity contribution in [3.63, 3.8) is 0 Å². The summed E-state index contributed by atoms with van der Waals surface area (Å²) < 4.78 is 10.9. The Hall–Kier alpha value is -2.58. The van der Waals surface area contributed by atoms with Crippen molar-refractivity contribution in [2.75, 3.05) is 36.9 Å². The van der Waals surface area contributed by atoms with Crippen LogP contribution in [0.15, 0.2) is 48.5 Å². The zero-order valence-corrected chi connectivity index (χ0v) is 20.2. The van der Waals surface area contributed by atoms with Crippen LogP contribution < -0.4 is 30.7 Å². The molecule has 8 heteroatoms. The molecule has 0 aliphatic heterocycles. The number of rotatable bonds is 10. The molecule has 6 nitrogen and oxygen atoms in total. The fraction of sp³-hybridized carbons (Fsp3) is 0.391. The number of nitrogens with one attached hydrogen (secondary N) is 4. The third-order valence-corrected chi connectivity index (χ3v) is 4.79. The van der Waals surface area contributed by atoms with Crippen molar-refractivity contribution in [3.05, 3.63) is 48.5 Å². The maximum Gasteiger partial charge on any atom is 0.170 e. The topological polar surface area (TPSA) is 66.6 Å². The first kappa shape index (κ1) is 24.7. The monoisotopic (exact) mass is 460 g/mol. The second kappa shape index (κ2) is 12.3. The first-order chi connectivity index (χ1) is 14.8. The molecule has 31 heavy (non-hydrogen) atoms. The minimum Gasteiger partial charge on any atom is -0.494 e. The summed E-state index contributed by atoms with van der Waals surface area (Å²) in [5.41, 5.74) is 1.75. The van der Waals surface area contributed by atoms with E-state index in [1.807, 2.05) is 62.4 Å². The van der Waals surface area contributed by atoms with E-state index in [-0.39, 0.29) is 5.41 Å². The molecule has 2 aromatic rings. The Morgan fingerprint density at radius 1 is 0.710 bits per heavy atom. The van der Waals surface area contributed by atoms with Gasteiger partial charge in [-0.25, -0.2) is 0 Å². The van der Waals surface area contributed by atoms with E-state index in [9.17, 15) is 0 Å².